The Balaban J connectivity index is 2.07. The topological polar surface area (TPSA) is 102 Å². The summed E-state index contributed by atoms with van der Waals surface area (Å²) in [5.74, 6) is -0.395. The zero-order chi connectivity index (χ0) is 18.4. The van der Waals surface area contributed by atoms with Crippen LogP contribution in [0.25, 0.3) is 0 Å². The van der Waals surface area contributed by atoms with Crippen molar-refractivity contribution >= 4 is 33.2 Å². The van der Waals surface area contributed by atoms with E-state index in [0.29, 0.717) is 16.9 Å². The summed E-state index contributed by atoms with van der Waals surface area (Å²) in [6.07, 6.45) is 0.528. The van der Waals surface area contributed by atoms with Crippen molar-refractivity contribution in [2.75, 3.05) is 23.5 Å². The fourth-order valence-electron chi connectivity index (χ4n) is 2.00. The first kappa shape index (κ1) is 18.5. The van der Waals surface area contributed by atoms with Gasteiger partial charge in [0.15, 0.2) is 9.84 Å². The van der Waals surface area contributed by atoms with Gasteiger partial charge in [-0.25, -0.2) is 13.2 Å². The lowest BCUT2D eigenvalue weighted by atomic mass is 10.2. The molecule has 0 aliphatic heterocycles. The first-order valence-electron chi connectivity index (χ1n) is 7.45. The lowest BCUT2D eigenvalue weighted by molar-refractivity contribution is 0.102. The van der Waals surface area contributed by atoms with E-state index in [1.807, 2.05) is 0 Å². The first-order chi connectivity index (χ1) is 11.8. The molecule has 0 aliphatic rings. The minimum atomic E-state index is -3.35. The van der Waals surface area contributed by atoms with E-state index in [1.165, 1.54) is 24.3 Å². The van der Waals surface area contributed by atoms with Gasteiger partial charge in [-0.2, -0.15) is 0 Å². The van der Waals surface area contributed by atoms with Crippen LogP contribution in [0.3, 0.4) is 0 Å². The molecule has 7 nitrogen and oxygen atoms in total. The van der Waals surface area contributed by atoms with Crippen molar-refractivity contribution in [1.29, 1.82) is 0 Å². The van der Waals surface area contributed by atoms with E-state index >= 15 is 0 Å². The first-order valence-corrected chi connectivity index (χ1v) is 9.34. The molecule has 0 aliphatic carbocycles. The molecule has 0 saturated heterocycles. The zero-order valence-corrected chi connectivity index (χ0v) is 14.6. The number of nitrogens with one attached hydrogen (secondary N) is 2. The highest BCUT2D eigenvalue weighted by Gasteiger charge is 2.10. The Kier molecular flexibility index (Phi) is 5.76. The van der Waals surface area contributed by atoms with Crippen LogP contribution in [-0.4, -0.2) is 33.3 Å². The molecule has 25 heavy (non-hydrogen) atoms. The molecule has 2 N–H and O–H groups in total. The molecule has 2 aromatic rings. The maximum Gasteiger partial charge on any atom is 0.411 e. The Morgan fingerprint density at radius 2 is 1.68 bits per heavy atom. The van der Waals surface area contributed by atoms with E-state index in [2.05, 4.69) is 10.6 Å². The highest BCUT2D eigenvalue weighted by Crippen LogP contribution is 2.17. The van der Waals surface area contributed by atoms with Gasteiger partial charge in [0.2, 0.25) is 0 Å². The molecule has 0 fully saturated rings. The molecular weight excluding hydrogens is 344 g/mol. The molecule has 0 radical (unpaired) electrons. The van der Waals surface area contributed by atoms with Gasteiger partial charge in [0, 0.05) is 23.2 Å². The highest BCUT2D eigenvalue weighted by atomic mass is 32.2. The number of carbonyl (C=O) groups excluding carboxylic acids is 2. The van der Waals surface area contributed by atoms with Gasteiger partial charge in [0.25, 0.3) is 5.91 Å². The van der Waals surface area contributed by atoms with Crippen LogP contribution in [0.1, 0.15) is 17.3 Å². The van der Waals surface area contributed by atoms with Gasteiger partial charge < -0.3 is 10.1 Å². The number of rotatable bonds is 5. The summed E-state index contributed by atoms with van der Waals surface area (Å²) in [4.78, 5) is 23.7. The Labute approximate surface area is 145 Å². The number of anilines is 2. The fourth-order valence-corrected chi connectivity index (χ4v) is 2.66. The predicted octanol–water partition coefficient (Wildman–Crippen LogP) is 2.91. The van der Waals surface area contributed by atoms with Crippen molar-refractivity contribution in [3.63, 3.8) is 0 Å². The lowest BCUT2D eigenvalue weighted by Crippen LogP contribution is -2.14. The Morgan fingerprint density at radius 1 is 1.00 bits per heavy atom. The van der Waals surface area contributed by atoms with Crippen molar-refractivity contribution in [3.8, 4) is 0 Å². The number of hydrogen-bond donors (Lipinski definition) is 2. The average Bonchev–Trinajstić information content (AvgIpc) is 2.55. The standard InChI is InChI=1S/C17H18N2O5S/c1-3-24-17(21)19-13-9-7-12(8-10-13)16(20)18-14-5-4-6-15(11-14)25(2,22)23/h4-11H,3H2,1-2H3,(H,18,20)(H,19,21). The minimum absolute atomic E-state index is 0.124. The van der Waals surface area contributed by atoms with Crippen molar-refractivity contribution in [1.82, 2.24) is 0 Å². The predicted molar refractivity (Wildman–Crippen MR) is 94.6 cm³/mol. The van der Waals surface area contributed by atoms with E-state index in [-0.39, 0.29) is 11.5 Å². The quantitative estimate of drug-likeness (QED) is 0.851. The molecular formula is C17H18N2O5S. The van der Waals surface area contributed by atoms with E-state index < -0.39 is 21.8 Å². The third-order valence-electron chi connectivity index (χ3n) is 3.19. The summed E-state index contributed by atoms with van der Waals surface area (Å²) in [6, 6.07) is 12.2. The van der Waals surface area contributed by atoms with E-state index in [9.17, 15) is 18.0 Å². The van der Waals surface area contributed by atoms with Crippen molar-refractivity contribution in [3.05, 3.63) is 54.1 Å². The molecule has 2 aromatic carbocycles. The van der Waals surface area contributed by atoms with Crippen molar-refractivity contribution < 1.29 is 22.7 Å². The van der Waals surface area contributed by atoms with E-state index in [4.69, 9.17) is 4.74 Å². The van der Waals surface area contributed by atoms with Gasteiger partial charge >= 0.3 is 6.09 Å². The van der Waals surface area contributed by atoms with Crippen LogP contribution in [0.15, 0.2) is 53.4 Å². The maximum absolute atomic E-state index is 12.2. The largest absolute Gasteiger partial charge is 0.450 e. The summed E-state index contributed by atoms with van der Waals surface area (Å²) in [7, 11) is -3.35. The van der Waals surface area contributed by atoms with Gasteiger partial charge in [-0.1, -0.05) is 6.07 Å². The van der Waals surface area contributed by atoms with Crippen molar-refractivity contribution in [2.45, 2.75) is 11.8 Å². The second kappa shape index (κ2) is 7.80. The maximum atomic E-state index is 12.2. The molecule has 0 aromatic heterocycles. The van der Waals surface area contributed by atoms with Crippen LogP contribution in [0, 0.1) is 0 Å². The van der Waals surface area contributed by atoms with E-state index in [1.54, 1.807) is 31.2 Å². The van der Waals surface area contributed by atoms with Crippen LogP contribution in [0.4, 0.5) is 16.2 Å². The zero-order valence-electron chi connectivity index (χ0n) is 13.8. The van der Waals surface area contributed by atoms with Crippen LogP contribution in [0.5, 0.6) is 0 Å². The van der Waals surface area contributed by atoms with Crippen LogP contribution in [-0.2, 0) is 14.6 Å². The Morgan fingerprint density at radius 3 is 2.28 bits per heavy atom. The van der Waals surface area contributed by atoms with Gasteiger partial charge in [-0.3, -0.25) is 10.1 Å². The number of benzene rings is 2. The third kappa shape index (κ3) is 5.32. The Bertz CT molecular complexity index is 876. The molecule has 0 atom stereocenters. The number of hydrogen-bond acceptors (Lipinski definition) is 5. The van der Waals surface area contributed by atoms with Crippen LogP contribution < -0.4 is 10.6 Å². The van der Waals surface area contributed by atoms with Crippen LogP contribution in [0.2, 0.25) is 0 Å². The number of amides is 2. The normalized spacial score (nSPS) is 10.8. The molecule has 0 unspecified atom stereocenters. The second-order valence-electron chi connectivity index (χ2n) is 5.18. The second-order valence-corrected chi connectivity index (χ2v) is 7.19. The molecule has 8 heteroatoms. The molecule has 2 rings (SSSR count). The monoisotopic (exact) mass is 362 g/mol. The van der Waals surface area contributed by atoms with Gasteiger partial charge in [0.05, 0.1) is 11.5 Å². The van der Waals surface area contributed by atoms with Crippen molar-refractivity contribution in [2.24, 2.45) is 0 Å². The Hall–Kier alpha value is -2.87. The van der Waals surface area contributed by atoms with Gasteiger partial charge in [-0.15, -0.1) is 0 Å². The molecule has 0 spiro atoms. The number of carbonyl (C=O) groups is 2. The summed E-state index contributed by atoms with van der Waals surface area (Å²) < 4.78 is 27.9. The molecule has 2 amide bonds. The van der Waals surface area contributed by atoms with Gasteiger partial charge in [-0.05, 0) is 49.4 Å². The SMILES string of the molecule is CCOC(=O)Nc1ccc(C(=O)Nc2cccc(S(C)(=O)=O)c2)cc1. The summed E-state index contributed by atoms with van der Waals surface area (Å²) in [5.41, 5.74) is 1.23. The highest BCUT2D eigenvalue weighted by molar-refractivity contribution is 7.90. The summed E-state index contributed by atoms with van der Waals surface area (Å²) in [6.45, 7) is 1.96. The van der Waals surface area contributed by atoms with Crippen LogP contribution >= 0.6 is 0 Å². The molecule has 0 heterocycles. The van der Waals surface area contributed by atoms with Gasteiger partial charge in [0.1, 0.15) is 0 Å². The molecule has 0 bridgehead atoms. The fraction of sp³-hybridized carbons (Fsp3) is 0.176. The molecule has 0 saturated carbocycles. The smallest absolute Gasteiger partial charge is 0.411 e. The summed E-state index contributed by atoms with van der Waals surface area (Å²) in [5, 5.41) is 5.16. The third-order valence-corrected chi connectivity index (χ3v) is 4.30. The summed E-state index contributed by atoms with van der Waals surface area (Å²) >= 11 is 0. The lowest BCUT2D eigenvalue weighted by Gasteiger charge is -2.08. The number of ether oxygens (including phenoxy) is 1. The minimum Gasteiger partial charge on any atom is -0.450 e. The number of sulfone groups is 1. The van der Waals surface area contributed by atoms with E-state index in [0.717, 1.165) is 6.26 Å². The molecule has 132 valence electrons. The average molecular weight is 362 g/mol.